The Hall–Kier alpha value is -1.56. The zero-order valence-electron chi connectivity index (χ0n) is 15.2. The highest BCUT2D eigenvalue weighted by atomic mass is 79.9. The van der Waals surface area contributed by atoms with E-state index in [-0.39, 0.29) is 11.9 Å². The van der Waals surface area contributed by atoms with Crippen molar-refractivity contribution in [1.29, 1.82) is 0 Å². The zero-order valence-corrected chi connectivity index (χ0v) is 16.8. The second kappa shape index (κ2) is 8.70. The van der Waals surface area contributed by atoms with Crippen LogP contribution < -0.4 is 14.8 Å². The van der Waals surface area contributed by atoms with Crippen LogP contribution in [0.3, 0.4) is 0 Å². The molecule has 0 unspecified atom stereocenters. The van der Waals surface area contributed by atoms with Crippen molar-refractivity contribution in [3.63, 3.8) is 0 Å². The molecule has 1 saturated carbocycles. The largest absolute Gasteiger partial charge is 0.493 e. The van der Waals surface area contributed by atoms with Gasteiger partial charge in [0.15, 0.2) is 23.9 Å². The van der Waals surface area contributed by atoms with Crippen molar-refractivity contribution in [2.45, 2.75) is 52.2 Å². The summed E-state index contributed by atoms with van der Waals surface area (Å²) in [4.78, 5) is 23.7. The maximum Gasteiger partial charge on any atom is 0.261 e. The average Bonchev–Trinajstić information content (AvgIpc) is 2.59. The lowest BCUT2D eigenvalue weighted by Gasteiger charge is -2.35. The molecule has 6 heteroatoms. The van der Waals surface area contributed by atoms with E-state index in [1.807, 2.05) is 0 Å². The van der Waals surface area contributed by atoms with Gasteiger partial charge >= 0.3 is 0 Å². The molecule has 2 rings (SSSR count). The number of nitrogens with one attached hydrogen (secondary N) is 1. The van der Waals surface area contributed by atoms with E-state index in [1.54, 1.807) is 19.1 Å². The third-order valence-corrected chi connectivity index (χ3v) is 5.80. The maximum atomic E-state index is 12.5. The molecule has 0 radical (unpaired) electrons. The summed E-state index contributed by atoms with van der Waals surface area (Å²) in [5, 5.41) is 3.11. The molecule has 1 aromatic rings. The van der Waals surface area contributed by atoms with Crippen molar-refractivity contribution in [3.05, 3.63) is 22.2 Å². The number of benzene rings is 1. The summed E-state index contributed by atoms with van der Waals surface area (Å²) in [6, 6.07) is 3.42. The highest BCUT2D eigenvalue weighted by Gasteiger charge is 2.30. The van der Waals surface area contributed by atoms with Crippen molar-refractivity contribution >= 4 is 28.1 Å². The van der Waals surface area contributed by atoms with E-state index in [2.05, 4.69) is 35.1 Å². The van der Waals surface area contributed by atoms with E-state index >= 15 is 0 Å². The zero-order chi connectivity index (χ0) is 18.6. The summed E-state index contributed by atoms with van der Waals surface area (Å²) < 4.78 is 11.7. The monoisotopic (exact) mass is 411 g/mol. The Kier molecular flexibility index (Phi) is 6.87. The highest BCUT2D eigenvalue weighted by molar-refractivity contribution is 9.10. The Bertz CT molecular complexity index is 634. The Labute approximate surface area is 157 Å². The number of amides is 1. The van der Waals surface area contributed by atoms with Gasteiger partial charge in [-0.05, 0) is 53.2 Å². The standard InChI is InChI=1S/C19H26BrNO4/c1-11-6-5-7-16(12(11)2)21-19(23)13(3)25-18-8-14(10-22)15(20)9-17(18)24-4/h8-13,16H,5-7H2,1-4H3,(H,21,23)/t11-,12-,13-,16+/m1/s1. The van der Waals surface area contributed by atoms with Crippen molar-refractivity contribution < 1.29 is 19.1 Å². The van der Waals surface area contributed by atoms with Gasteiger partial charge in [-0.25, -0.2) is 0 Å². The SMILES string of the molecule is COc1cc(Br)c(C=O)cc1O[C@H](C)C(=O)N[C@H]1CCC[C@@H](C)[C@H]1C. The number of methoxy groups -OCH3 is 1. The molecule has 1 fully saturated rings. The van der Waals surface area contributed by atoms with Crippen molar-refractivity contribution in [1.82, 2.24) is 5.32 Å². The molecule has 1 aliphatic rings. The molecule has 1 amide bonds. The maximum absolute atomic E-state index is 12.5. The Balaban J connectivity index is 2.07. The molecule has 1 N–H and O–H groups in total. The number of carbonyl (C=O) groups excluding carboxylic acids is 2. The number of carbonyl (C=O) groups is 2. The molecule has 5 nitrogen and oxygen atoms in total. The van der Waals surface area contributed by atoms with Gasteiger partial charge in [-0.2, -0.15) is 0 Å². The number of ether oxygens (including phenoxy) is 2. The van der Waals surface area contributed by atoms with Gasteiger partial charge < -0.3 is 14.8 Å². The first-order valence-electron chi connectivity index (χ1n) is 8.67. The van der Waals surface area contributed by atoms with Gasteiger partial charge in [0.2, 0.25) is 0 Å². The summed E-state index contributed by atoms with van der Waals surface area (Å²) in [5.41, 5.74) is 0.443. The molecule has 1 aliphatic carbocycles. The fraction of sp³-hybridized carbons (Fsp3) is 0.579. The van der Waals surface area contributed by atoms with Crippen LogP contribution in [0.25, 0.3) is 0 Å². The van der Waals surface area contributed by atoms with Crippen LogP contribution in [-0.4, -0.2) is 31.4 Å². The summed E-state index contributed by atoms with van der Waals surface area (Å²) in [7, 11) is 1.52. The molecule has 0 spiro atoms. The van der Waals surface area contributed by atoms with Crippen LogP contribution in [-0.2, 0) is 4.79 Å². The quantitative estimate of drug-likeness (QED) is 0.718. The van der Waals surface area contributed by atoms with Crippen LogP contribution in [0, 0.1) is 11.8 Å². The molecule has 25 heavy (non-hydrogen) atoms. The number of hydrogen-bond acceptors (Lipinski definition) is 4. The lowest BCUT2D eigenvalue weighted by atomic mass is 9.78. The molecule has 138 valence electrons. The van der Waals surface area contributed by atoms with Crippen LogP contribution in [0.15, 0.2) is 16.6 Å². The minimum Gasteiger partial charge on any atom is -0.493 e. The number of aldehydes is 1. The van der Waals surface area contributed by atoms with Crippen molar-refractivity contribution in [2.24, 2.45) is 11.8 Å². The van der Waals surface area contributed by atoms with E-state index in [0.717, 1.165) is 19.1 Å². The Morgan fingerprint density at radius 1 is 1.32 bits per heavy atom. The van der Waals surface area contributed by atoms with Crippen LogP contribution in [0.1, 0.15) is 50.4 Å². The van der Waals surface area contributed by atoms with Crippen LogP contribution >= 0.6 is 15.9 Å². The number of halogens is 1. The predicted octanol–water partition coefficient (Wildman–Crippen LogP) is 3.98. The molecule has 0 aromatic heterocycles. The van der Waals surface area contributed by atoms with Gasteiger partial charge in [-0.3, -0.25) is 9.59 Å². The summed E-state index contributed by atoms with van der Waals surface area (Å²) in [5.74, 6) is 1.76. The fourth-order valence-electron chi connectivity index (χ4n) is 3.22. The fourth-order valence-corrected chi connectivity index (χ4v) is 3.64. The molecule has 0 aliphatic heterocycles. The minimum atomic E-state index is -0.681. The lowest BCUT2D eigenvalue weighted by Crippen LogP contribution is -2.48. The molecule has 0 heterocycles. The smallest absolute Gasteiger partial charge is 0.261 e. The van der Waals surface area contributed by atoms with E-state index in [9.17, 15) is 9.59 Å². The molecule has 0 bridgehead atoms. The number of hydrogen-bond donors (Lipinski definition) is 1. The van der Waals surface area contributed by atoms with Crippen molar-refractivity contribution in [2.75, 3.05) is 7.11 Å². The van der Waals surface area contributed by atoms with Gasteiger partial charge in [0, 0.05) is 16.1 Å². The van der Waals surface area contributed by atoms with E-state index in [4.69, 9.17) is 9.47 Å². The second-order valence-electron chi connectivity index (χ2n) is 6.78. The predicted molar refractivity (Wildman–Crippen MR) is 100 cm³/mol. The van der Waals surface area contributed by atoms with Crippen LogP contribution in [0.5, 0.6) is 11.5 Å². The van der Waals surface area contributed by atoms with Crippen LogP contribution in [0.4, 0.5) is 0 Å². The van der Waals surface area contributed by atoms with E-state index in [0.29, 0.717) is 33.4 Å². The highest BCUT2D eigenvalue weighted by Crippen LogP contribution is 2.34. The van der Waals surface area contributed by atoms with E-state index in [1.165, 1.54) is 13.5 Å². The molecular weight excluding hydrogens is 386 g/mol. The lowest BCUT2D eigenvalue weighted by molar-refractivity contribution is -0.128. The van der Waals surface area contributed by atoms with Gasteiger partial charge in [0.25, 0.3) is 5.91 Å². The van der Waals surface area contributed by atoms with Crippen molar-refractivity contribution in [3.8, 4) is 11.5 Å². The summed E-state index contributed by atoms with van der Waals surface area (Å²) in [6.07, 6.45) is 3.39. The second-order valence-corrected chi connectivity index (χ2v) is 7.64. The molecule has 4 atom stereocenters. The topological polar surface area (TPSA) is 64.6 Å². The molecule has 1 aromatic carbocycles. The normalized spacial score (nSPS) is 24.3. The summed E-state index contributed by atoms with van der Waals surface area (Å²) >= 11 is 3.31. The van der Waals surface area contributed by atoms with Gasteiger partial charge in [-0.15, -0.1) is 0 Å². The number of rotatable bonds is 6. The van der Waals surface area contributed by atoms with Gasteiger partial charge in [-0.1, -0.05) is 26.7 Å². The minimum absolute atomic E-state index is 0.149. The van der Waals surface area contributed by atoms with E-state index < -0.39 is 6.10 Å². The first-order chi connectivity index (χ1) is 11.9. The third kappa shape index (κ3) is 4.75. The van der Waals surface area contributed by atoms with Crippen LogP contribution in [0.2, 0.25) is 0 Å². The van der Waals surface area contributed by atoms with Gasteiger partial charge in [0.05, 0.1) is 7.11 Å². The average molecular weight is 412 g/mol. The first kappa shape index (κ1) is 19.8. The molecule has 0 saturated heterocycles. The Morgan fingerprint density at radius 2 is 2.04 bits per heavy atom. The Morgan fingerprint density at radius 3 is 2.68 bits per heavy atom. The third-order valence-electron chi connectivity index (χ3n) is 5.12. The first-order valence-corrected chi connectivity index (χ1v) is 9.46. The summed E-state index contributed by atoms with van der Waals surface area (Å²) in [6.45, 7) is 6.12. The van der Waals surface area contributed by atoms with Gasteiger partial charge in [0.1, 0.15) is 0 Å². The molecular formula is C19H26BrNO4.